The minimum absolute atomic E-state index is 0.260. The van der Waals surface area contributed by atoms with Crippen molar-refractivity contribution >= 4 is 22.7 Å². The van der Waals surface area contributed by atoms with Crippen LogP contribution in [0.1, 0.15) is 25.1 Å². The highest BCUT2D eigenvalue weighted by molar-refractivity contribution is 5.93. The number of rotatable bonds is 7. The second-order valence-electron chi connectivity index (χ2n) is 6.67. The van der Waals surface area contributed by atoms with Crippen LogP contribution < -0.4 is 23.7 Å². The zero-order valence-electron chi connectivity index (χ0n) is 18.0. The van der Waals surface area contributed by atoms with Gasteiger partial charge in [0.2, 0.25) is 5.75 Å². The van der Waals surface area contributed by atoms with Crippen molar-refractivity contribution in [2.45, 2.75) is 20.3 Å². The molecule has 0 spiro atoms. The number of ether oxygens (including phenoxy) is 5. The number of fused-ring (bicyclic) bond motifs is 1. The zero-order valence-corrected chi connectivity index (χ0v) is 18.0. The lowest BCUT2D eigenvalue weighted by molar-refractivity contribution is -0.132. The molecule has 8 nitrogen and oxygen atoms in total. The second-order valence-corrected chi connectivity index (χ2v) is 6.67. The Labute approximate surface area is 179 Å². The van der Waals surface area contributed by atoms with Crippen LogP contribution in [0.25, 0.3) is 10.8 Å². The Balaban J connectivity index is 2.14. The van der Waals surface area contributed by atoms with E-state index in [2.05, 4.69) is 4.98 Å². The molecule has 162 valence electrons. The van der Waals surface area contributed by atoms with E-state index in [-0.39, 0.29) is 11.5 Å². The Morgan fingerprint density at radius 3 is 2.00 bits per heavy atom. The summed E-state index contributed by atoms with van der Waals surface area (Å²) < 4.78 is 26.8. The lowest BCUT2D eigenvalue weighted by Gasteiger charge is -2.15. The molecule has 0 atom stereocenters. The number of methoxy groups -OCH3 is 3. The number of pyridine rings is 1. The molecular formula is C23H23NO7. The van der Waals surface area contributed by atoms with Crippen LogP contribution in [-0.4, -0.2) is 38.3 Å². The minimum atomic E-state index is -0.483. The van der Waals surface area contributed by atoms with Crippen molar-refractivity contribution in [2.24, 2.45) is 0 Å². The van der Waals surface area contributed by atoms with Gasteiger partial charge in [-0.3, -0.25) is 14.6 Å². The van der Waals surface area contributed by atoms with E-state index >= 15 is 0 Å². The quantitative estimate of drug-likeness (QED) is 0.418. The van der Waals surface area contributed by atoms with Gasteiger partial charge in [0, 0.05) is 43.3 Å². The van der Waals surface area contributed by atoms with Crippen LogP contribution in [0.3, 0.4) is 0 Å². The van der Waals surface area contributed by atoms with E-state index in [9.17, 15) is 9.59 Å². The van der Waals surface area contributed by atoms with E-state index in [1.165, 1.54) is 19.9 Å². The number of carbonyl (C=O) groups excluding carboxylic acids is 2. The first-order valence-electron chi connectivity index (χ1n) is 9.43. The van der Waals surface area contributed by atoms with Crippen LogP contribution in [0, 0.1) is 0 Å². The summed E-state index contributed by atoms with van der Waals surface area (Å²) in [6.07, 6.45) is 2.05. The van der Waals surface area contributed by atoms with Crippen molar-refractivity contribution in [1.29, 1.82) is 0 Å². The molecule has 0 bridgehead atoms. The topological polar surface area (TPSA) is 93.2 Å². The third-order valence-corrected chi connectivity index (χ3v) is 4.51. The van der Waals surface area contributed by atoms with Crippen molar-refractivity contribution < 1.29 is 33.3 Å². The van der Waals surface area contributed by atoms with E-state index in [4.69, 9.17) is 23.7 Å². The highest BCUT2D eigenvalue weighted by atomic mass is 16.5. The lowest BCUT2D eigenvalue weighted by atomic mass is 10.0. The molecule has 0 amide bonds. The number of benzene rings is 2. The fourth-order valence-corrected chi connectivity index (χ4v) is 3.32. The SMILES string of the molecule is COc1cc(Cc2nccc3c(OC(C)=O)cc(OC(C)=O)cc23)cc(OC)c1OC. The molecule has 1 aromatic heterocycles. The van der Waals surface area contributed by atoms with Crippen molar-refractivity contribution in [3.8, 4) is 28.7 Å². The van der Waals surface area contributed by atoms with Gasteiger partial charge in [-0.1, -0.05) is 0 Å². The molecule has 0 unspecified atom stereocenters. The molecule has 31 heavy (non-hydrogen) atoms. The van der Waals surface area contributed by atoms with Gasteiger partial charge >= 0.3 is 11.9 Å². The molecule has 0 saturated carbocycles. The lowest BCUT2D eigenvalue weighted by Crippen LogP contribution is -2.06. The monoisotopic (exact) mass is 425 g/mol. The third-order valence-electron chi connectivity index (χ3n) is 4.51. The molecule has 0 N–H and O–H groups in total. The maximum Gasteiger partial charge on any atom is 0.308 e. The molecule has 0 aliphatic rings. The fourth-order valence-electron chi connectivity index (χ4n) is 3.32. The largest absolute Gasteiger partial charge is 0.493 e. The molecule has 0 radical (unpaired) electrons. The van der Waals surface area contributed by atoms with E-state index < -0.39 is 11.9 Å². The number of nitrogens with zero attached hydrogens (tertiary/aromatic N) is 1. The van der Waals surface area contributed by atoms with Crippen molar-refractivity contribution in [1.82, 2.24) is 4.98 Å². The summed E-state index contributed by atoms with van der Waals surface area (Å²) >= 11 is 0. The first-order valence-corrected chi connectivity index (χ1v) is 9.43. The van der Waals surface area contributed by atoms with Crippen LogP contribution in [0.2, 0.25) is 0 Å². The average Bonchev–Trinajstić information content (AvgIpc) is 2.72. The number of aromatic nitrogens is 1. The van der Waals surface area contributed by atoms with Gasteiger partial charge < -0.3 is 23.7 Å². The van der Waals surface area contributed by atoms with E-state index in [1.807, 2.05) is 12.1 Å². The van der Waals surface area contributed by atoms with Gasteiger partial charge in [0.1, 0.15) is 11.5 Å². The molecule has 0 fully saturated rings. The molecule has 3 rings (SSSR count). The second kappa shape index (κ2) is 9.34. The van der Waals surface area contributed by atoms with E-state index in [0.717, 1.165) is 5.56 Å². The van der Waals surface area contributed by atoms with Gasteiger partial charge in [-0.25, -0.2) is 0 Å². The first kappa shape index (κ1) is 21.9. The van der Waals surface area contributed by atoms with Gasteiger partial charge in [0.05, 0.1) is 27.0 Å². The van der Waals surface area contributed by atoms with Gasteiger partial charge in [-0.05, 0) is 29.8 Å². The molecule has 2 aromatic carbocycles. The fraction of sp³-hybridized carbons (Fsp3) is 0.261. The van der Waals surface area contributed by atoms with Crippen LogP contribution in [0.15, 0.2) is 36.5 Å². The summed E-state index contributed by atoms with van der Waals surface area (Å²) in [5.74, 6) is 1.13. The van der Waals surface area contributed by atoms with Crippen molar-refractivity contribution in [3.63, 3.8) is 0 Å². The maximum absolute atomic E-state index is 11.6. The number of esters is 2. The number of hydrogen-bond acceptors (Lipinski definition) is 8. The molecule has 3 aromatic rings. The summed E-state index contributed by atoms with van der Waals surface area (Å²) in [5, 5.41) is 1.36. The van der Waals surface area contributed by atoms with Crippen LogP contribution >= 0.6 is 0 Å². The third kappa shape index (κ3) is 4.85. The Hall–Kier alpha value is -3.81. The van der Waals surface area contributed by atoms with E-state index in [1.54, 1.807) is 39.7 Å². The van der Waals surface area contributed by atoms with Crippen LogP contribution in [0.5, 0.6) is 28.7 Å². The molecular weight excluding hydrogens is 402 g/mol. The summed E-state index contributed by atoms with van der Waals surface area (Å²) in [6.45, 7) is 2.61. The van der Waals surface area contributed by atoms with Crippen LogP contribution in [-0.2, 0) is 16.0 Å². The van der Waals surface area contributed by atoms with Crippen molar-refractivity contribution in [3.05, 3.63) is 47.8 Å². The molecule has 0 aliphatic heterocycles. The highest BCUT2D eigenvalue weighted by Crippen LogP contribution is 2.39. The van der Waals surface area contributed by atoms with Gasteiger partial charge in [-0.15, -0.1) is 0 Å². The number of hydrogen-bond donors (Lipinski definition) is 0. The van der Waals surface area contributed by atoms with Gasteiger partial charge in [0.15, 0.2) is 11.5 Å². The Morgan fingerprint density at radius 1 is 0.806 bits per heavy atom. The predicted molar refractivity (Wildman–Crippen MR) is 113 cm³/mol. The van der Waals surface area contributed by atoms with Crippen LogP contribution in [0.4, 0.5) is 0 Å². The normalized spacial score (nSPS) is 10.5. The van der Waals surface area contributed by atoms with Gasteiger partial charge in [-0.2, -0.15) is 0 Å². The molecule has 1 heterocycles. The van der Waals surface area contributed by atoms with Gasteiger partial charge in [0.25, 0.3) is 0 Å². The molecule has 0 saturated heterocycles. The summed E-state index contributed by atoms with van der Waals surface area (Å²) in [5.41, 5.74) is 1.55. The number of carbonyl (C=O) groups is 2. The molecule has 0 aliphatic carbocycles. The van der Waals surface area contributed by atoms with Crippen molar-refractivity contribution in [2.75, 3.05) is 21.3 Å². The summed E-state index contributed by atoms with van der Waals surface area (Å²) in [4.78, 5) is 27.6. The Morgan fingerprint density at radius 2 is 1.45 bits per heavy atom. The summed E-state index contributed by atoms with van der Waals surface area (Å²) in [6, 6.07) is 8.62. The van der Waals surface area contributed by atoms with E-state index in [0.29, 0.717) is 40.1 Å². The maximum atomic E-state index is 11.6. The molecule has 8 heteroatoms. The highest BCUT2D eigenvalue weighted by Gasteiger charge is 2.17. The minimum Gasteiger partial charge on any atom is -0.493 e. The Kier molecular flexibility index (Phi) is 6.59. The first-order chi connectivity index (χ1) is 14.9. The average molecular weight is 425 g/mol. The smallest absolute Gasteiger partial charge is 0.308 e. The summed E-state index contributed by atoms with van der Waals surface area (Å²) in [7, 11) is 4.64. The standard InChI is InChI=1S/C23H23NO7/c1-13(25)30-16-11-18-17(20(12-16)31-14(2)26)6-7-24-19(18)8-15-9-21(27-3)23(29-5)22(10-15)28-4/h6-7,9-12H,8H2,1-5H3. The predicted octanol–water partition coefficient (Wildman–Crippen LogP) is 3.70. The zero-order chi connectivity index (χ0) is 22.5. The Bertz CT molecular complexity index is 1120.